The average Bonchev–Trinajstić information content (AvgIpc) is 3.48. The van der Waals surface area contributed by atoms with Gasteiger partial charge < -0.3 is 15.0 Å². The van der Waals surface area contributed by atoms with E-state index in [-0.39, 0.29) is 12.5 Å². The van der Waals surface area contributed by atoms with Crippen LogP contribution in [0.2, 0.25) is 4.34 Å². The molecule has 1 atom stereocenters. The van der Waals surface area contributed by atoms with E-state index in [1.165, 1.54) is 11.3 Å². The van der Waals surface area contributed by atoms with Crippen molar-refractivity contribution in [2.45, 2.75) is 25.4 Å². The Morgan fingerprint density at radius 1 is 1.20 bits per heavy atom. The van der Waals surface area contributed by atoms with Crippen LogP contribution < -0.4 is 10.2 Å². The van der Waals surface area contributed by atoms with E-state index in [1.54, 1.807) is 17.0 Å². The highest BCUT2D eigenvalue weighted by atomic mass is 35.5. The minimum atomic E-state index is -0.425. The lowest BCUT2D eigenvalue weighted by molar-refractivity contribution is 0.0920. The Labute approximate surface area is 184 Å². The van der Waals surface area contributed by atoms with Gasteiger partial charge in [0.2, 0.25) is 0 Å². The van der Waals surface area contributed by atoms with E-state index in [2.05, 4.69) is 10.2 Å². The van der Waals surface area contributed by atoms with E-state index in [9.17, 15) is 9.59 Å². The number of amides is 2. The predicted octanol–water partition coefficient (Wildman–Crippen LogP) is 3.77. The van der Waals surface area contributed by atoms with Crippen LogP contribution in [0.1, 0.15) is 28.1 Å². The van der Waals surface area contributed by atoms with E-state index in [4.69, 9.17) is 21.7 Å². The molecule has 9 heteroatoms. The van der Waals surface area contributed by atoms with Crippen LogP contribution in [-0.4, -0.2) is 55.0 Å². The van der Waals surface area contributed by atoms with Crippen molar-refractivity contribution in [3.63, 3.8) is 0 Å². The summed E-state index contributed by atoms with van der Waals surface area (Å²) in [6, 6.07) is 11.0. The minimum Gasteiger partial charge on any atom is -0.442 e. The topological polar surface area (TPSA) is 85.7 Å². The molecule has 2 amide bonds. The summed E-state index contributed by atoms with van der Waals surface area (Å²) in [5.74, 6) is 0.412. The SMILES string of the molecule is N=C(Cc1ccc(N2CC(CNC(=O)c3ccc(Cl)s3)OC2=O)cc1)N1CCCC1. The van der Waals surface area contributed by atoms with Crippen LogP contribution in [-0.2, 0) is 11.2 Å². The highest BCUT2D eigenvalue weighted by molar-refractivity contribution is 7.18. The zero-order valence-electron chi connectivity index (χ0n) is 16.4. The first kappa shape index (κ1) is 20.7. The third-order valence-electron chi connectivity index (χ3n) is 5.27. The zero-order valence-corrected chi connectivity index (χ0v) is 18.0. The van der Waals surface area contributed by atoms with Gasteiger partial charge >= 0.3 is 6.09 Å². The van der Waals surface area contributed by atoms with E-state index >= 15 is 0 Å². The molecule has 2 aliphatic heterocycles. The molecule has 2 N–H and O–H groups in total. The first-order valence-corrected chi connectivity index (χ1v) is 11.1. The van der Waals surface area contributed by atoms with Crippen molar-refractivity contribution in [1.29, 1.82) is 5.41 Å². The Bertz CT molecular complexity index is 940. The van der Waals surface area contributed by atoms with Gasteiger partial charge in [0.1, 0.15) is 11.9 Å². The van der Waals surface area contributed by atoms with Crippen molar-refractivity contribution in [3.8, 4) is 0 Å². The first-order valence-electron chi connectivity index (χ1n) is 9.92. The fourth-order valence-corrected chi connectivity index (χ4v) is 4.61. The highest BCUT2D eigenvalue weighted by Gasteiger charge is 2.32. The molecule has 0 aliphatic carbocycles. The standard InChI is InChI=1S/C21H23ClN4O3S/c22-18-8-7-17(30-18)20(27)24-12-16-13-26(21(28)29-16)15-5-3-14(4-6-15)11-19(23)25-9-1-2-10-25/h3-8,16,23H,1-2,9-13H2,(H,24,27). The number of rotatable bonds is 6. The van der Waals surface area contributed by atoms with Crippen LogP contribution >= 0.6 is 22.9 Å². The molecule has 1 unspecified atom stereocenters. The van der Waals surface area contributed by atoms with Crippen molar-refractivity contribution in [3.05, 3.63) is 51.2 Å². The summed E-state index contributed by atoms with van der Waals surface area (Å²) in [6.07, 6.45) is 2.06. The maximum Gasteiger partial charge on any atom is 0.414 e. The van der Waals surface area contributed by atoms with Gasteiger partial charge in [0.25, 0.3) is 5.91 Å². The number of nitrogens with one attached hydrogen (secondary N) is 2. The van der Waals surface area contributed by atoms with Gasteiger partial charge in [0, 0.05) is 25.2 Å². The molecule has 2 aromatic rings. The van der Waals surface area contributed by atoms with Gasteiger partial charge in [-0.15, -0.1) is 11.3 Å². The maximum atomic E-state index is 12.3. The molecule has 0 bridgehead atoms. The number of hydrogen-bond acceptors (Lipinski definition) is 5. The molecular weight excluding hydrogens is 424 g/mol. The lowest BCUT2D eigenvalue weighted by atomic mass is 10.1. The van der Waals surface area contributed by atoms with Gasteiger partial charge in [-0.2, -0.15) is 0 Å². The average molecular weight is 447 g/mol. The number of halogens is 1. The molecule has 4 rings (SSSR count). The Morgan fingerprint density at radius 2 is 1.93 bits per heavy atom. The Morgan fingerprint density at radius 3 is 2.60 bits per heavy atom. The number of likely N-dealkylation sites (tertiary alicyclic amines) is 1. The summed E-state index contributed by atoms with van der Waals surface area (Å²) in [6.45, 7) is 2.54. The van der Waals surface area contributed by atoms with Gasteiger partial charge in [-0.1, -0.05) is 23.7 Å². The van der Waals surface area contributed by atoms with Crippen molar-refractivity contribution in [2.75, 3.05) is 31.1 Å². The minimum absolute atomic E-state index is 0.230. The largest absolute Gasteiger partial charge is 0.442 e. The Kier molecular flexibility index (Phi) is 6.24. The molecule has 1 aromatic carbocycles. The first-order chi connectivity index (χ1) is 14.5. The van der Waals surface area contributed by atoms with Crippen LogP contribution in [0.4, 0.5) is 10.5 Å². The van der Waals surface area contributed by atoms with Crippen molar-refractivity contribution in [1.82, 2.24) is 10.2 Å². The van der Waals surface area contributed by atoms with Crippen LogP contribution in [0.3, 0.4) is 0 Å². The lowest BCUT2D eigenvalue weighted by Gasteiger charge is -2.19. The third kappa shape index (κ3) is 4.76. The second kappa shape index (κ2) is 9.06. The summed E-state index contributed by atoms with van der Waals surface area (Å²) in [7, 11) is 0. The fourth-order valence-electron chi connectivity index (χ4n) is 3.65. The van der Waals surface area contributed by atoms with Gasteiger partial charge in [0.05, 0.1) is 22.3 Å². The summed E-state index contributed by atoms with van der Waals surface area (Å²) in [4.78, 5) is 28.6. The molecule has 7 nitrogen and oxygen atoms in total. The highest BCUT2D eigenvalue weighted by Crippen LogP contribution is 2.24. The number of hydrogen-bond donors (Lipinski definition) is 2. The number of amidine groups is 1. The summed E-state index contributed by atoms with van der Waals surface area (Å²) >= 11 is 7.06. The van der Waals surface area contributed by atoms with Gasteiger partial charge in [0.15, 0.2) is 0 Å². The van der Waals surface area contributed by atoms with E-state index in [0.717, 1.165) is 37.2 Å². The molecule has 0 radical (unpaired) electrons. The van der Waals surface area contributed by atoms with E-state index in [0.29, 0.717) is 28.0 Å². The third-order valence-corrected chi connectivity index (χ3v) is 6.50. The molecule has 2 aliphatic rings. The molecule has 1 aromatic heterocycles. The molecular formula is C21H23ClN4O3S. The van der Waals surface area contributed by atoms with Crippen molar-refractivity contribution in [2.24, 2.45) is 0 Å². The van der Waals surface area contributed by atoms with Gasteiger partial charge in [-0.05, 0) is 42.7 Å². The number of benzene rings is 1. The van der Waals surface area contributed by atoms with Crippen LogP contribution in [0.15, 0.2) is 36.4 Å². The van der Waals surface area contributed by atoms with Crippen LogP contribution in [0.25, 0.3) is 0 Å². The molecule has 158 valence electrons. The molecule has 2 saturated heterocycles. The monoisotopic (exact) mass is 446 g/mol. The van der Waals surface area contributed by atoms with Crippen molar-refractivity contribution >= 4 is 46.5 Å². The number of cyclic esters (lactones) is 1. The van der Waals surface area contributed by atoms with Crippen molar-refractivity contribution < 1.29 is 14.3 Å². The summed E-state index contributed by atoms with van der Waals surface area (Å²) in [5.41, 5.74) is 1.79. The number of anilines is 1. The molecule has 2 fully saturated rings. The van der Waals surface area contributed by atoms with Crippen LogP contribution in [0.5, 0.6) is 0 Å². The Hall–Kier alpha value is -2.58. The molecule has 3 heterocycles. The number of carbonyl (C=O) groups excluding carboxylic acids is 2. The zero-order chi connectivity index (χ0) is 21.1. The fraction of sp³-hybridized carbons (Fsp3) is 0.381. The Balaban J connectivity index is 1.30. The molecule has 30 heavy (non-hydrogen) atoms. The van der Waals surface area contributed by atoms with Gasteiger partial charge in [-0.3, -0.25) is 15.1 Å². The molecule has 0 spiro atoms. The second-order valence-corrected chi connectivity index (χ2v) is 9.13. The van der Waals surface area contributed by atoms with E-state index in [1.807, 2.05) is 24.3 Å². The smallest absolute Gasteiger partial charge is 0.414 e. The number of carbonyl (C=O) groups is 2. The van der Waals surface area contributed by atoms with Crippen LogP contribution in [0, 0.1) is 5.41 Å². The predicted molar refractivity (Wildman–Crippen MR) is 118 cm³/mol. The van der Waals surface area contributed by atoms with Gasteiger partial charge in [-0.25, -0.2) is 4.79 Å². The summed E-state index contributed by atoms with van der Waals surface area (Å²) < 4.78 is 5.94. The number of nitrogens with zero attached hydrogens (tertiary/aromatic N) is 2. The second-order valence-electron chi connectivity index (χ2n) is 7.41. The number of ether oxygens (including phenoxy) is 1. The number of thiophene rings is 1. The molecule has 0 saturated carbocycles. The summed E-state index contributed by atoms with van der Waals surface area (Å²) in [5, 5.41) is 11.0. The normalized spacial score (nSPS) is 18.6. The lowest BCUT2D eigenvalue weighted by Crippen LogP contribution is -2.34. The quantitative estimate of drug-likeness (QED) is 0.522. The maximum absolute atomic E-state index is 12.3. The van der Waals surface area contributed by atoms with E-state index < -0.39 is 12.2 Å².